The summed E-state index contributed by atoms with van der Waals surface area (Å²) in [6.07, 6.45) is 0.393. The zero-order chi connectivity index (χ0) is 25.1. The minimum Gasteiger partial charge on any atom is -0.462 e. The van der Waals surface area contributed by atoms with E-state index in [-0.39, 0.29) is 18.1 Å². The number of carbonyl (C=O) groups is 2. The normalized spacial score (nSPS) is 11.9. The molecule has 2 heterocycles. The van der Waals surface area contributed by atoms with Crippen LogP contribution in [0.25, 0.3) is 16.7 Å². The van der Waals surface area contributed by atoms with Gasteiger partial charge in [0.1, 0.15) is 11.7 Å². The van der Waals surface area contributed by atoms with Crippen LogP contribution >= 0.6 is 0 Å². The molecule has 0 bridgehead atoms. The molecule has 8 heteroatoms. The molecule has 0 saturated heterocycles. The lowest BCUT2D eigenvalue weighted by Crippen LogP contribution is -2.34. The van der Waals surface area contributed by atoms with Crippen LogP contribution in [0.1, 0.15) is 47.9 Å². The van der Waals surface area contributed by atoms with Crippen LogP contribution in [0.2, 0.25) is 0 Å². The number of hydrogen-bond acceptors (Lipinski definition) is 5. The molecule has 1 unspecified atom stereocenters. The molecule has 0 saturated carbocycles. The van der Waals surface area contributed by atoms with Gasteiger partial charge >= 0.3 is 5.97 Å². The van der Waals surface area contributed by atoms with Crippen LogP contribution in [0.4, 0.5) is 5.69 Å². The zero-order valence-electron chi connectivity index (χ0n) is 20.2. The Morgan fingerprint density at radius 3 is 2.34 bits per heavy atom. The Morgan fingerprint density at radius 2 is 1.71 bits per heavy atom. The van der Waals surface area contributed by atoms with Crippen molar-refractivity contribution in [3.63, 3.8) is 0 Å². The van der Waals surface area contributed by atoms with Gasteiger partial charge in [-0.15, -0.1) is 0 Å². The smallest absolute Gasteiger partial charge is 0.338 e. The first-order valence-corrected chi connectivity index (χ1v) is 11.6. The fourth-order valence-corrected chi connectivity index (χ4v) is 4.30. The van der Waals surface area contributed by atoms with Crippen molar-refractivity contribution in [1.29, 1.82) is 0 Å². The molecule has 1 amide bonds. The Balaban J connectivity index is 1.76. The SMILES string of the molecule is CCOC(=O)c1ccc(NC(=O)C(CC)n2c(=O)cc(C)c3c(C)nn(-c4ccccc4)c32)cc1. The lowest BCUT2D eigenvalue weighted by atomic mass is 10.1. The number of hydrogen-bond donors (Lipinski definition) is 1. The minimum atomic E-state index is -0.770. The monoisotopic (exact) mass is 472 g/mol. The molecule has 0 spiro atoms. The molecule has 35 heavy (non-hydrogen) atoms. The Bertz CT molecular complexity index is 1440. The van der Waals surface area contributed by atoms with Gasteiger partial charge in [-0.25, -0.2) is 9.48 Å². The highest BCUT2D eigenvalue weighted by molar-refractivity contribution is 5.96. The molecule has 1 N–H and O–H groups in total. The quantitative estimate of drug-likeness (QED) is 0.398. The van der Waals surface area contributed by atoms with Gasteiger partial charge in [0.15, 0.2) is 0 Å². The Labute approximate surface area is 203 Å². The summed E-state index contributed by atoms with van der Waals surface area (Å²) < 4.78 is 8.25. The minimum absolute atomic E-state index is 0.272. The van der Waals surface area contributed by atoms with Crippen LogP contribution in [0.5, 0.6) is 0 Å². The number of rotatable bonds is 7. The van der Waals surface area contributed by atoms with E-state index < -0.39 is 12.0 Å². The molecule has 0 aliphatic heterocycles. The third-order valence-electron chi connectivity index (χ3n) is 5.90. The van der Waals surface area contributed by atoms with E-state index in [4.69, 9.17) is 9.84 Å². The predicted molar refractivity (Wildman–Crippen MR) is 135 cm³/mol. The summed E-state index contributed by atoms with van der Waals surface area (Å²) >= 11 is 0. The molecule has 1 atom stereocenters. The second-order valence-corrected chi connectivity index (χ2v) is 8.28. The van der Waals surface area contributed by atoms with Gasteiger partial charge in [-0.1, -0.05) is 25.1 Å². The summed E-state index contributed by atoms with van der Waals surface area (Å²) in [5, 5.41) is 8.43. The van der Waals surface area contributed by atoms with Crippen molar-refractivity contribution >= 4 is 28.6 Å². The topological polar surface area (TPSA) is 95.2 Å². The number of amides is 1. The molecule has 0 aliphatic rings. The number of nitrogens with zero attached hydrogens (tertiary/aromatic N) is 3. The van der Waals surface area contributed by atoms with Crippen molar-refractivity contribution in [2.45, 2.75) is 40.2 Å². The van der Waals surface area contributed by atoms with E-state index in [0.717, 1.165) is 22.3 Å². The summed E-state index contributed by atoms with van der Waals surface area (Å²) in [5.74, 6) is -0.753. The second-order valence-electron chi connectivity index (χ2n) is 8.28. The summed E-state index contributed by atoms with van der Waals surface area (Å²) in [6.45, 7) is 7.67. The van der Waals surface area contributed by atoms with E-state index in [2.05, 4.69) is 5.32 Å². The molecule has 0 fully saturated rings. The maximum absolute atomic E-state index is 13.4. The second kappa shape index (κ2) is 9.97. The largest absolute Gasteiger partial charge is 0.462 e. The first-order chi connectivity index (χ1) is 16.8. The van der Waals surface area contributed by atoms with Gasteiger partial charge < -0.3 is 10.1 Å². The molecular weight excluding hydrogens is 444 g/mol. The molecule has 4 rings (SSSR count). The van der Waals surface area contributed by atoms with Crippen LogP contribution in [-0.2, 0) is 9.53 Å². The highest BCUT2D eigenvalue weighted by atomic mass is 16.5. The predicted octanol–water partition coefficient (Wildman–Crippen LogP) is 4.57. The lowest BCUT2D eigenvalue weighted by Gasteiger charge is -2.21. The molecule has 4 aromatic rings. The highest BCUT2D eigenvalue weighted by Crippen LogP contribution is 2.27. The molecular formula is C27H28N4O4. The molecule has 180 valence electrons. The molecule has 0 aliphatic carbocycles. The number of carbonyl (C=O) groups excluding carboxylic acids is 2. The van der Waals surface area contributed by atoms with Crippen LogP contribution in [0.15, 0.2) is 65.5 Å². The number of aryl methyl sites for hydroxylation is 2. The number of esters is 1. The van der Waals surface area contributed by atoms with Gasteiger partial charge in [0.05, 0.1) is 23.6 Å². The van der Waals surface area contributed by atoms with Crippen LogP contribution < -0.4 is 10.9 Å². The number of anilines is 1. The van der Waals surface area contributed by atoms with E-state index in [9.17, 15) is 14.4 Å². The molecule has 2 aromatic carbocycles. The summed E-state index contributed by atoms with van der Waals surface area (Å²) in [6, 6.07) is 16.8. The number of para-hydroxylation sites is 1. The van der Waals surface area contributed by atoms with Crippen molar-refractivity contribution in [2.75, 3.05) is 11.9 Å². The van der Waals surface area contributed by atoms with E-state index in [1.165, 1.54) is 4.57 Å². The fourth-order valence-electron chi connectivity index (χ4n) is 4.30. The Morgan fingerprint density at radius 1 is 1.03 bits per heavy atom. The van der Waals surface area contributed by atoms with Crippen molar-refractivity contribution in [3.8, 4) is 5.69 Å². The number of benzene rings is 2. The third kappa shape index (κ3) is 4.59. The maximum atomic E-state index is 13.4. The Hall–Kier alpha value is -4.20. The average Bonchev–Trinajstić information content (AvgIpc) is 3.20. The summed E-state index contributed by atoms with van der Waals surface area (Å²) in [4.78, 5) is 38.6. The summed E-state index contributed by atoms with van der Waals surface area (Å²) in [7, 11) is 0. The molecule has 0 radical (unpaired) electrons. The van der Waals surface area contributed by atoms with Gasteiger partial charge in [-0.3, -0.25) is 14.2 Å². The Kier molecular flexibility index (Phi) is 6.82. The molecule has 2 aromatic heterocycles. The number of fused-ring (bicyclic) bond motifs is 1. The number of nitrogens with one attached hydrogen (secondary N) is 1. The number of pyridine rings is 1. The van der Waals surface area contributed by atoms with E-state index in [1.54, 1.807) is 41.9 Å². The van der Waals surface area contributed by atoms with E-state index in [1.807, 2.05) is 51.1 Å². The number of ether oxygens (including phenoxy) is 1. The first-order valence-electron chi connectivity index (χ1n) is 11.6. The van der Waals surface area contributed by atoms with Crippen molar-refractivity contribution in [3.05, 3.63) is 87.8 Å². The van der Waals surface area contributed by atoms with Gasteiger partial charge in [0.25, 0.3) is 5.56 Å². The van der Waals surface area contributed by atoms with Crippen molar-refractivity contribution in [2.24, 2.45) is 0 Å². The van der Waals surface area contributed by atoms with Crippen molar-refractivity contribution in [1.82, 2.24) is 14.3 Å². The van der Waals surface area contributed by atoms with Gasteiger partial charge in [-0.05, 0) is 69.2 Å². The van der Waals surface area contributed by atoms with Gasteiger partial charge in [-0.2, -0.15) is 5.10 Å². The third-order valence-corrected chi connectivity index (χ3v) is 5.90. The van der Waals surface area contributed by atoms with Crippen LogP contribution in [-0.4, -0.2) is 32.8 Å². The first kappa shape index (κ1) is 23.9. The highest BCUT2D eigenvalue weighted by Gasteiger charge is 2.26. The average molecular weight is 473 g/mol. The standard InChI is InChI=1S/C27H28N4O4/c1-5-22(25(33)28-20-14-12-19(13-15-20)27(34)35-6-2)30-23(32)16-17(3)24-18(4)29-31(26(24)30)21-10-8-7-9-11-21/h7-16,22H,5-6H2,1-4H3,(H,28,33). The summed E-state index contributed by atoms with van der Waals surface area (Å²) in [5.41, 5.74) is 3.62. The van der Waals surface area contributed by atoms with Gasteiger partial charge in [0.2, 0.25) is 5.91 Å². The molecule has 8 nitrogen and oxygen atoms in total. The van der Waals surface area contributed by atoms with Gasteiger partial charge in [0, 0.05) is 17.1 Å². The van der Waals surface area contributed by atoms with E-state index >= 15 is 0 Å². The number of aromatic nitrogens is 3. The fraction of sp³-hybridized carbons (Fsp3) is 0.259. The zero-order valence-corrected chi connectivity index (χ0v) is 20.2. The van der Waals surface area contributed by atoms with Crippen molar-refractivity contribution < 1.29 is 14.3 Å². The van der Waals surface area contributed by atoms with Crippen LogP contribution in [0.3, 0.4) is 0 Å². The van der Waals surface area contributed by atoms with Crippen LogP contribution in [0, 0.1) is 13.8 Å². The van der Waals surface area contributed by atoms with E-state index in [0.29, 0.717) is 23.3 Å². The lowest BCUT2D eigenvalue weighted by molar-refractivity contribution is -0.119. The maximum Gasteiger partial charge on any atom is 0.338 e.